The first-order chi connectivity index (χ1) is 9.78. The van der Waals surface area contributed by atoms with Gasteiger partial charge in [-0.3, -0.25) is 4.79 Å². The first kappa shape index (κ1) is 12.8. The van der Waals surface area contributed by atoms with E-state index in [1.165, 1.54) is 0 Å². The SMILES string of the molecule is C#CCOc1ccc(OCC2CO2)c2c1NC(=O)CC2. The number of epoxide rings is 1. The van der Waals surface area contributed by atoms with Crippen molar-refractivity contribution in [1.82, 2.24) is 0 Å². The van der Waals surface area contributed by atoms with Gasteiger partial charge in [0.1, 0.15) is 30.8 Å². The Hall–Kier alpha value is -2.19. The number of nitrogens with one attached hydrogen (secondary N) is 1. The molecule has 104 valence electrons. The molecule has 2 aliphatic rings. The zero-order valence-corrected chi connectivity index (χ0v) is 11.0. The van der Waals surface area contributed by atoms with Gasteiger partial charge in [-0.05, 0) is 18.6 Å². The summed E-state index contributed by atoms with van der Waals surface area (Å²) < 4.78 is 16.3. The molecular weight excluding hydrogens is 258 g/mol. The fourth-order valence-electron chi connectivity index (χ4n) is 2.15. The van der Waals surface area contributed by atoms with Gasteiger partial charge >= 0.3 is 0 Å². The van der Waals surface area contributed by atoms with E-state index < -0.39 is 0 Å². The number of hydrogen-bond donors (Lipinski definition) is 1. The maximum atomic E-state index is 11.6. The first-order valence-electron chi connectivity index (χ1n) is 6.54. The Kier molecular flexibility index (Phi) is 3.48. The van der Waals surface area contributed by atoms with Crippen LogP contribution in [0.25, 0.3) is 0 Å². The van der Waals surface area contributed by atoms with Crippen LogP contribution in [0, 0.1) is 12.3 Å². The van der Waals surface area contributed by atoms with Gasteiger partial charge in [0.2, 0.25) is 5.91 Å². The van der Waals surface area contributed by atoms with Gasteiger partial charge in [-0.25, -0.2) is 0 Å². The first-order valence-corrected chi connectivity index (χ1v) is 6.54. The molecule has 5 heteroatoms. The number of ether oxygens (including phenoxy) is 3. The quantitative estimate of drug-likeness (QED) is 0.650. The lowest BCUT2D eigenvalue weighted by Gasteiger charge is -2.22. The van der Waals surface area contributed by atoms with Crippen molar-refractivity contribution in [2.75, 3.05) is 25.1 Å². The summed E-state index contributed by atoms with van der Waals surface area (Å²) in [5.74, 6) is 3.74. The van der Waals surface area contributed by atoms with E-state index in [1.54, 1.807) is 6.07 Å². The van der Waals surface area contributed by atoms with Crippen LogP contribution in [-0.2, 0) is 16.0 Å². The smallest absolute Gasteiger partial charge is 0.224 e. The van der Waals surface area contributed by atoms with Crippen molar-refractivity contribution >= 4 is 11.6 Å². The fourth-order valence-corrected chi connectivity index (χ4v) is 2.15. The molecule has 0 aromatic heterocycles. The standard InChI is InChI=1S/C15H15NO4/c1-2-7-18-13-5-4-12(20-9-10-8-19-10)11-3-6-14(17)16-15(11)13/h1,4-5,10H,3,6-9H2,(H,16,17). The highest BCUT2D eigenvalue weighted by atomic mass is 16.6. The van der Waals surface area contributed by atoms with Crippen molar-refractivity contribution < 1.29 is 19.0 Å². The molecule has 0 radical (unpaired) electrons. The van der Waals surface area contributed by atoms with E-state index in [4.69, 9.17) is 20.6 Å². The molecule has 20 heavy (non-hydrogen) atoms. The lowest BCUT2D eigenvalue weighted by atomic mass is 10.0. The third-order valence-electron chi connectivity index (χ3n) is 3.24. The number of amides is 1. The van der Waals surface area contributed by atoms with E-state index in [-0.39, 0.29) is 18.6 Å². The average Bonchev–Trinajstić information content (AvgIpc) is 3.27. The number of anilines is 1. The Balaban J connectivity index is 1.86. The number of carbonyl (C=O) groups is 1. The van der Waals surface area contributed by atoms with Crippen LogP contribution in [0.5, 0.6) is 11.5 Å². The van der Waals surface area contributed by atoms with Crippen molar-refractivity contribution in [2.45, 2.75) is 18.9 Å². The summed E-state index contributed by atoms with van der Waals surface area (Å²) in [6.45, 7) is 1.45. The van der Waals surface area contributed by atoms with Crippen LogP contribution in [0.2, 0.25) is 0 Å². The summed E-state index contributed by atoms with van der Waals surface area (Å²) in [7, 11) is 0. The minimum Gasteiger partial charge on any atom is -0.490 e. The zero-order chi connectivity index (χ0) is 13.9. The molecule has 0 aliphatic carbocycles. The molecule has 1 fully saturated rings. The molecule has 1 atom stereocenters. The highest BCUT2D eigenvalue weighted by Gasteiger charge is 2.26. The topological polar surface area (TPSA) is 60.1 Å². The second-order valence-electron chi connectivity index (χ2n) is 4.72. The second kappa shape index (κ2) is 5.43. The predicted octanol–water partition coefficient (Wildman–Crippen LogP) is 1.36. The van der Waals surface area contributed by atoms with Crippen LogP contribution < -0.4 is 14.8 Å². The molecule has 2 heterocycles. The number of benzene rings is 1. The minimum absolute atomic E-state index is 0.0225. The van der Waals surface area contributed by atoms with Crippen LogP contribution in [0.4, 0.5) is 5.69 Å². The number of fused-ring (bicyclic) bond motifs is 1. The van der Waals surface area contributed by atoms with Gasteiger partial charge in [0.15, 0.2) is 0 Å². The van der Waals surface area contributed by atoms with E-state index in [0.29, 0.717) is 30.9 Å². The molecule has 1 N–H and O–H groups in total. The normalized spacial score (nSPS) is 19.6. The van der Waals surface area contributed by atoms with Crippen molar-refractivity contribution in [2.24, 2.45) is 0 Å². The van der Waals surface area contributed by atoms with Crippen molar-refractivity contribution in [1.29, 1.82) is 0 Å². The number of hydrogen-bond acceptors (Lipinski definition) is 4. The van der Waals surface area contributed by atoms with E-state index >= 15 is 0 Å². The summed E-state index contributed by atoms with van der Waals surface area (Å²) in [6.07, 6.45) is 6.47. The molecule has 1 saturated heterocycles. The van der Waals surface area contributed by atoms with Crippen LogP contribution in [0.15, 0.2) is 12.1 Å². The van der Waals surface area contributed by atoms with E-state index in [1.807, 2.05) is 6.07 Å². The van der Waals surface area contributed by atoms with Crippen LogP contribution >= 0.6 is 0 Å². The molecule has 5 nitrogen and oxygen atoms in total. The minimum atomic E-state index is -0.0225. The number of terminal acetylenes is 1. The van der Waals surface area contributed by atoms with Gasteiger partial charge in [-0.1, -0.05) is 5.92 Å². The van der Waals surface area contributed by atoms with E-state index in [9.17, 15) is 4.79 Å². The van der Waals surface area contributed by atoms with Crippen LogP contribution in [0.3, 0.4) is 0 Å². The lowest BCUT2D eigenvalue weighted by molar-refractivity contribution is -0.116. The Morgan fingerprint density at radius 1 is 1.35 bits per heavy atom. The van der Waals surface area contributed by atoms with Gasteiger partial charge in [0.25, 0.3) is 0 Å². The third kappa shape index (κ3) is 2.70. The summed E-state index contributed by atoms with van der Waals surface area (Å²) in [4.78, 5) is 11.6. The molecule has 1 aromatic rings. The molecule has 1 aromatic carbocycles. The molecular formula is C15H15NO4. The largest absolute Gasteiger partial charge is 0.490 e. The third-order valence-corrected chi connectivity index (χ3v) is 3.24. The number of carbonyl (C=O) groups excluding carboxylic acids is 1. The van der Waals surface area contributed by atoms with E-state index in [0.717, 1.165) is 17.9 Å². The van der Waals surface area contributed by atoms with Gasteiger partial charge in [0, 0.05) is 12.0 Å². The second-order valence-corrected chi connectivity index (χ2v) is 4.72. The molecule has 0 bridgehead atoms. The summed E-state index contributed by atoms with van der Waals surface area (Å²) in [5.41, 5.74) is 1.63. The zero-order valence-electron chi connectivity index (χ0n) is 11.0. The highest BCUT2D eigenvalue weighted by Crippen LogP contribution is 2.39. The van der Waals surface area contributed by atoms with Gasteiger partial charge < -0.3 is 19.5 Å². The van der Waals surface area contributed by atoms with Gasteiger partial charge in [0.05, 0.1) is 12.3 Å². The van der Waals surface area contributed by atoms with Gasteiger partial charge in [-0.15, -0.1) is 6.42 Å². The van der Waals surface area contributed by atoms with Crippen LogP contribution in [0.1, 0.15) is 12.0 Å². The molecule has 0 spiro atoms. The maximum absolute atomic E-state index is 11.6. The van der Waals surface area contributed by atoms with Gasteiger partial charge in [-0.2, -0.15) is 0 Å². The number of rotatable bonds is 5. The van der Waals surface area contributed by atoms with Crippen molar-refractivity contribution in [3.05, 3.63) is 17.7 Å². The van der Waals surface area contributed by atoms with Crippen molar-refractivity contribution in [3.8, 4) is 23.8 Å². The monoisotopic (exact) mass is 273 g/mol. The Labute approximate surface area is 117 Å². The summed E-state index contributed by atoms with van der Waals surface area (Å²) in [6, 6.07) is 3.62. The van der Waals surface area contributed by atoms with Crippen LogP contribution in [-0.4, -0.2) is 31.8 Å². The Morgan fingerprint density at radius 2 is 2.15 bits per heavy atom. The molecule has 2 aliphatic heterocycles. The maximum Gasteiger partial charge on any atom is 0.224 e. The summed E-state index contributed by atoms with van der Waals surface area (Å²) >= 11 is 0. The summed E-state index contributed by atoms with van der Waals surface area (Å²) in [5, 5.41) is 2.84. The highest BCUT2D eigenvalue weighted by molar-refractivity contribution is 5.96. The fraction of sp³-hybridized carbons (Fsp3) is 0.400. The average molecular weight is 273 g/mol. The molecule has 1 amide bonds. The van der Waals surface area contributed by atoms with E-state index in [2.05, 4.69) is 11.2 Å². The van der Waals surface area contributed by atoms with Crippen molar-refractivity contribution in [3.63, 3.8) is 0 Å². The Bertz CT molecular complexity index is 572. The predicted molar refractivity (Wildman–Crippen MR) is 73.0 cm³/mol. The molecule has 0 saturated carbocycles. The Morgan fingerprint density at radius 3 is 2.90 bits per heavy atom. The molecule has 1 unspecified atom stereocenters. The lowest BCUT2D eigenvalue weighted by Crippen LogP contribution is -2.21. The molecule has 3 rings (SSSR count).